The molecule has 0 radical (unpaired) electrons. The van der Waals surface area contributed by atoms with Crippen LogP contribution in [-0.2, 0) is 52.1 Å². The van der Waals surface area contributed by atoms with Gasteiger partial charge in [0.2, 0.25) is 0 Å². The molecule has 1 N–H and O–H groups in total. The molecule has 0 bridgehead atoms. The predicted molar refractivity (Wildman–Crippen MR) is 46.6 cm³/mol. The van der Waals surface area contributed by atoms with Crippen LogP contribution in [0.2, 0.25) is 0 Å². The van der Waals surface area contributed by atoms with Crippen molar-refractivity contribution in [3.63, 3.8) is 0 Å². The fourth-order valence-electron chi connectivity index (χ4n) is 0.214. The zero-order valence-corrected chi connectivity index (χ0v) is 14.9. The van der Waals surface area contributed by atoms with Crippen LogP contribution >= 0.6 is 0 Å². The molecule has 118 valence electrons. The van der Waals surface area contributed by atoms with Crippen molar-refractivity contribution >= 4 is 26.0 Å². The van der Waals surface area contributed by atoms with Gasteiger partial charge >= 0.3 is 11.0 Å². The van der Waals surface area contributed by atoms with Gasteiger partial charge in [0, 0.05) is 34.2 Å². The third kappa shape index (κ3) is 8.90. The summed E-state index contributed by atoms with van der Waals surface area (Å²) in [7, 11) is -13.4. The summed E-state index contributed by atoms with van der Waals surface area (Å²) in [5.41, 5.74) is -12.4. The molecule has 20 heavy (non-hydrogen) atoms. The van der Waals surface area contributed by atoms with Crippen LogP contribution in [0.3, 0.4) is 0 Å². The van der Waals surface area contributed by atoms with Gasteiger partial charge < -0.3 is 9.23 Å². The molecule has 0 amide bonds. The molecule has 0 spiro atoms. The van der Waals surface area contributed by atoms with Gasteiger partial charge in [0.25, 0.3) is 5.97 Å². The van der Waals surface area contributed by atoms with Crippen molar-refractivity contribution in [1.29, 1.82) is 0 Å². The number of rotatable bonds is 2. The van der Waals surface area contributed by atoms with Crippen molar-refractivity contribution in [3.05, 3.63) is 4.13 Å². The zero-order valence-electron chi connectivity index (χ0n) is 9.23. The summed E-state index contributed by atoms with van der Waals surface area (Å²) >= 11 is 0. The standard InChI is InChI=1S/C2F6NO4S2.C2H4O2.Cd/c3-1(4,5)14(10,11)9-15(12,13)2(6,7)8;1-2(3)4;/h;1H3,(H,3,4);/q-1;;. The minimum absolute atomic E-state index is 0. The summed E-state index contributed by atoms with van der Waals surface area (Å²) in [5.74, 6) is -0.833. The van der Waals surface area contributed by atoms with Gasteiger partial charge in [-0.2, -0.15) is 26.3 Å². The average Bonchev–Trinajstić information content (AvgIpc) is 1.94. The molecule has 0 aliphatic rings. The van der Waals surface area contributed by atoms with E-state index in [1.807, 2.05) is 0 Å². The smallest absolute Gasteiger partial charge is 0.480 e. The van der Waals surface area contributed by atoms with Gasteiger partial charge in [-0.1, -0.05) is 0 Å². The second kappa shape index (κ2) is 7.73. The maximum atomic E-state index is 11.4. The topological polar surface area (TPSA) is 120 Å². The largest absolute Gasteiger partial charge is 0.481 e. The summed E-state index contributed by atoms with van der Waals surface area (Å²) in [5, 5.41) is 7.42. The maximum Gasteiger partial charge on any atom is 0.480 e. The van der Waals surface area contributed by atoms with E-state index in [9.17, 15) is 43.2 Å². The zero-order chi connectivity index (χ0) is 16.3. The van der Waals surface area contributed by atoms with Crippen molar-refractivity contribution < 1.29 is 80.4 Å². The molecule has 0 heterocycles. The summed E-state index contributed by atoms with van der Waals surface area (Å²) in [6.07, 6.45) is 0. The Balaban J connectivity index is -0.000000508. The molecule has 16 heteroatoms. The van der Waals surface area contributed by atoms with Gasteiger partial charge in [0.1, 0.15) is 0 Å². The Morgan fingerprint density at radius 1 is 0.900 bits per heavy atom. The molecular weight excluding hydrogens is 449 g/mol. The molecule has 0 unspecified atom stereocenters. The van der Waals surface area contributed by atoms with E-state index >= 15 is 0 Å². The maximum absolute atomic E-state index is 11.4. The molecule has 0 aromatic rings. The molecule has 0 saturated carbocycles. The van der Waals surface area contributed by atoms with E-state index in [2.05, 4.69) is 0 Å². The van der Waals surface area contributed by atoms with E-state index in [0.29, 0.717) is 0 Å². The van der Waals surface area contributed by atoms with Crippen LogP contribution < -0.4 is 0 Å². The second-order valence-corrected chi connectivity index (χ2v) is 5.86. The molecule has 0 atom stereocenters. The molecule has 0 rings (SSSR count). The summed E-state index contributed by atoms with van der Waals surface area (Å²) in [6, 6.07) is 0. The Morgan fingerprint density at radius 2 is 1.05 bits per heavy atom. The van der Waals surface area contributed by atoms with Gasteiger partial charge in [-0.15, -0.1) is 0 Å². The summed E-state index contributed by atoms with van der Waals surface area (Å²) in [6.45, 7) is 1.08. The third-order valence-corrected chi connectivity index (χ3v) is 3.52. The number of nitrogens with zero attached hydrogens (tertiary/aromatic N) is 1. The molecule has 0 aliphatic heterocycles. The van der Waals surface area contributed by atoms with Crippen LogP contribution in [0.5, 0.6) is 0 Å². The van der Waals surface area contributed by atoms with Crippen LogP contribution in [0.4, 0.5) is 26.3 Å². The number of aliphatic carboxylic acids is 1. The number of hydrogen-bond donors (Lipinski definition) is 1. The van der Waals surface area contributed by atoms with Crippen LogP contribution in [0, 0.1) is 0 Å². The SMILES string of the molecule is CC(=O)O.O=S(=O)([N-]S(=O)(=O)C(F)(F)F)C(F)(F)F.[Cd]. The van der Waals surface area contributed by atoms with Crippen LogP contribution in [0.25, 0.3) is 4.13 Å². The number of hydrogen-bond acceptors (Lipinski definition) is 5. The van der Waals surface area contributed by atoms with Crippen molar-refractivity contribution in [1.82, 2.24) is 0 Å². The molecule has 0 fully saturated rings. The molecule has 7 nitrogen and oxygen atoms in total. The quantitative estimate of drug-likeness (QED) is 0.496. The predicted octanol–water partition coefficient (Wildman–Crippen LogP) is 1.15. The minimum Gasteiger partial charge on any atom is -0.481 e. The molecule has 0 aromatic carbocycles. The summed E-state index contributed by atoms with van der Waals surface area (Å²) < 4.78 is 109. The number of carboxylic acids is 1. The Labute approximate surface area is 128 Å². The molecule has 0 aliphatic carbocycles. The van der Waals surface area contributed by atoms with Gasteiger partial charge in [0.05, 0.1) is 0 Å². The van der Waals surface area contributed by atoms with Crippen molar-refractivity contribution in [2.75, 3.05) is 0 Å². The Hall–Kier alpha value is -0.168. The first-order valence-electron chi connectivity index (χ1n) is 3.50. The Morgan fingerprint density at radius 3 is 1.15 bits per heavy atom. The monoisotopic (exact) mass is 454 g/mol. The fourth-order valence-corrected chi connectivity index (χ4v) is 1.92. The molecule has 0 aromatic heterocycles. The number of carbonyl (C=O) groups is 1. The van der Waals surface area contributed by atoms with Crippen LogP contribution in [0.1, 0.15) is 6.92 Å². The second-order valence-electron chi connectivity index (χ2n) is 2.44. The van der Waals surface area contributed by atoms with Crippen molar-refractivity contribution in [3.8, 4) is 0 Å². The van der Waals surface area contributed by atoms with Crippen LogP contribution in [0.15, 0.2) is 0 Å². The Bertz CT molecular complexity index is 475. The Kier molecular flexibility index (Phi) is 9.60. The first-order valence-corrected chi connectivity index (χ1v) is 6.38. The van der Waals surface area contributed by atoms with Crippen molar-refractivity contribution in [2.24, 2.45) is 0 Å². The van der Waals surface area contributed by atoms with Crippen LogP contribution in [-0.4, -0.2) is 38.9 Å². The van der Waals surface area contributed by atoms with Gasteiger partial charge in [-0.3, -0.25) is 4.79 Å². The van der Waals surface area contributed by atoms with E-state index in [4.69, 9.17) is 9.90 Å². The number of sulfonamides is 2. The number of alkyl halides is 6. The number of halogens is 6. The molecular formula is C4H4CdF6NO6S2-. The van der Waals surface area contributed by atoms with E-state index in [1.165, 1.54) is 0 Å². The van der Waals surface area contributed by atoms with E-state index in [-0.39, 0.29) is 27.3 Å². The fraction of sp³-hybridized carbons (Fsp3) is 0.750. The average molecular weight is 453 g/mol. The van der Waals surface area contributed by atoms with Gasteiger partial charge in [-0.25, -0.2) is 16.8 Å². The normalized spacial score (nSPS) is 12.8. The number of carboxylic acid groups (broad SMARTS) is 1. The first kappa shape index (κ1) is 24.8. The van der Waals surface area contributed by atoms with E-state index < -0.39 is 37.0 Å². The first-order chi connectivity index (χ1) is 7.94. The van der Waals surface area contributed by atoms with Crippen molar-refractivity contribution in [2.45, 2.75) is 17.9 Å². The molecule has 0 saturated heterocycles. The third-order valence-electron chi connectivity index (χ3n) is 0.781. The van der Waals surface area contributed by atoms with E-state index in [1.54, 1.807) is 0 Å². The van der Waals surface area contributed by atoms with E-state index in [0.717, 1.165) is 11.1 Å². The van der Waals surface area contributed by atoms with Gasteiger partial charge in [-0.05, 0) is 0 Å². The van der Waals surface area contributed by atoms with Gasteiger partial charge in [0.15, 0.2) is 20.0 Å². The minimum atomic E-state index is -6.72. The summed E-state index contributed by atoms with van der Waals surface area (Å²) in [4.78, 5) is 9.00.